The van der Waals surface area contributed by atoms with Crippen LogP contribution in [0.5, 0.6) is 5.75 Å². The van der Waals surface area contributed by atoms with Crippen molar-refractivity contribution in [2.45, 2.75) is 6.04 Å². The summed E-state index contributed by atoms with van der Waals surface area (Å²) in [5.41, 5.74) is 1.25. The monoisotopic (exact) mass is 538 g/mol. The number of methoxy groups -OCH3 is 1. The average molecular weight is 539 g/mol. The number of ether oxygens (including phenoxy) is 1. The van der Waals surface area contributed by atoms with Crippen molar-refractivity contribution in [3.8, 4) is 5.75 Å². The Kier molecular flexibility index (Phi) is 6.32. The number of anilines is 2. The van der Waals surface area contributed by atoms with E-state index in [9.17, 15) is 23.5 Å². The SMILES string of the molecule is COc1cc(Cl)cc2cc(C(=O)C3=C(O)C(=O)N(c4ccc(F)c(F)c4)C3c3ccc(N(C)C)cc3)oc12. The summed E-state index contributed by atoms with van der Waals surface area (Å²) in [7, 11) is 5.13. The van der Waals surface area contributed by atoms with Gasteiger partial charge in [0.05, 0.1) is 18.7 Å². The number of furan rings is 1. The molecular weight excluding hydrogens is 518 g/mol. The van der Waals surface area contributed by atoms with E-state index in [1.165, 1.54) is 25.3 Å². The van der Waals surface area contributed by atoms with E-state index < -0.39 is 35.1 Å². The molecule has 0 saturated carbocycles. The molecule has 1 aliphatic rings. The molecule has 1 N–H and O–H groups in total. The molecule has 4 aromatic rings. The number of halogens is 3. The molecule has 0 fully saturated rings. The zero-order valence-electron chi connectivity index (χ0n) is 20.5. The molecule has 1 unspecified atom stereocenters. The molecule has 1 aliphatic heterocycles. The highest BCUT2D eigenvalue weighted by Crippen LogP contribution is 2.43. The van der Waals surface area contributed by atoms with Gasteiger partial charge in [-0.15, -0.1) is 0 Å². The molecule has 7 nitrogen and oxygen atoms in total. The highest BCUT2D eigenvalue weighted by molar-refractivity contribution is 6.31. The molecule has 10 heteroatoms. The molecule has 0 radical (unpaired) electrons. The van der Waals surface area contributed by atoms with Crippen LogP contribution in [0.1, 0.15) is 22.2 Å². The number of rotatable bonds is 6. The number of aliphatic hydroxyl groups is 1. The van der Waals surface area contributed by atoms with Crippen LogP contribution in [0.15, 0.2) is 76.4 Å². The number of nitrogens with zero attached hydrogens (tertiary/aromatic N) is 2. The predicted molar refractivity (Wildman–Crippen MR) is 139 cm³/mol. The van der Waals surface area contributed by atoms with Crippen LogP contribution in [0.3, 0.4) is 0 Å². The van der Waals surface area contributed by atoms with Gasteiger partial charge in [-0.05, 0) is 42.0 Å². The van der Waals surface area contributed by atoms with Crippen LogP contribution >= 0.6 is 11.6 Å². The molecule has 1 aromatic heterocycles. The summed E-state index contributed by atoms with van der Waals surface area (Å²) in [4.78, 5) is 30.0. The van der Waals surface area contributed by atoms with E-state index in [2.05, 4.69) is 0 Å². The fourth-order valence-electron chi connectivity index (χ4n) is 4.49. The van der Waals surface area contributed by atoms with Crippen LogP contribution < -0.4 is 14.5 Å². The molecule has 1 atom stereocenters. The Morgan fingerprint density at radius 1 is 1.05 bits per heavy atom. The molecule has 5 rings (SSSR count). The standard InChI is InChI=1S/C28H21ClF2N2O5/c1-32(2)17-6-4-14(5-7-17)24-23(26(35)28(36)33(24)18-8-9-19(30)20(31)13-18)25(34)21-11-15-10-16(29)12-22(37-3)27(15)38-21/h4-13,24,35H,1-3H3. The Balaban J connectivity index is 1.67. The lowest BCUT2D eigenvalue weighted by atomic mass is 9.94. The normalized spacial score (nSPS) is 15.5. The van der Waals surface area contributed by atoms with Gasteiger partial charge in [0, 0.05) is 48.0 Å². The first-order valence-corrected chi connectivity index (χ1v) is 11.8. The van der Waals surface area contributed by atoms with Gasteiger partial charge in [0.2, 0.25) is 5.78 Å². The van der Waals surface area contributed by atoms with Gasteiger partial charge in [0.25, 0.3) is 5.91 Å². The van der Waals surface area contributed by atoms with Gasteiger partial charge in [-0.3, -0.25) is 14.5 Å². The highest BCUT2D eigenvalue weighted by atomic mass is 35.5. The number of ketones is 1. The molecule has 2 heterocycles. The molecule has 0 aliphatic carbocycles. The number of hydrogen-bond acceptors (Lipinski definition) is 6. The maximum absolute atomic E-state index is 14.2. The van der Waals surface area contributed by atoms with Crippen LogP contribution in [-0.4, -0.2) is 38.0 Å². The Morgan fingerprint density at radius 2 is 1.76 bits per heavy atom. The summed E-state index contributed by atoms with van der Waals surface area (Å²) in [6, 6.07) is 13.2. The third kappa shape index (κ3) is 4.14. The summed E-state index contributed by atoms with van der Waals surface area (Å²) in [6.07, 6.45) is 0. The third-order valence-corrected chi connectivity index (χ3v) is 6.57. The Labute approximate surface area is 221 Å². The number of benzene rings is 3. The lowest BCUT2D eigenvalue weighted by Crippen LogP contribution is -2.31. The lowest BCUT2D eigenvalue weighted by molar-refractivity contribution is -0.117. The van der Waals surface area contributed by atoms with Crippen LogP contribution in [0, 0.1) is 11.6 Å². The number of Topliss-reactive ketones (excluding diaryl/α,β-unsaturated/α-hetero) is 1. The van der Waals surface area contributed by atoms with Gasteiger partial charge in [0.1, 0.15) is 0 Å². The fraction of sp³-hybridized carbons (Fsp3) is 0.143. The van der Waals surface area contributed by atoms with Crippen molar-refractivity contribution in [1.29, 1.82) is 0 Å². The van der Waals surface area contributed by atoms with E-state index in [0.29, 0.717) is 21.7 Å². The van der Waals surface area contributed by atoms with Crippen LogP contribution in [0.2, 0.25) is 5.02 Å². The van der Waals surface area contributed by atoms with E-state index in [4.69, 9.17) is 20.8 Å². The zero-order chi connectivity index (χ0) is 27.3. The van der Waals surface area contributed by atoms with Crippen LogP contribution in [0.4, 0.5) is 20.2 Å². The molecule has 38 heavy (non-hydrogen) atoms. The minimum Gasteiger partial charge on any atom is -0.503 e. The van der Waals surface area contributed by atoms with Crippen molar-refractivity contribution in [1.82, 2.24) is 0 Å². The minimum absolute atomic E-state index is 0.0389. The smallest absolute Gasteiger partial charge is 0.294 e. The average Bonchev–Trinajstić information content (AvgIpc) is 3.43. The van der Waals surface area contributed by atoms with Crippen molar-refractivity contribution in [2.75, 3.05) is 31.0 Å². The quantitative estimate of drug-likeness (QED) is 0.293. The first-order valence-electron chi connectivity index (χ1n) is 11.4. The lowest BCUT2D eigenvalue weighted by Gasteiger charge is -2.27. The molecule has 1 amide bonds. The van der Waals surface area contributed by atoms with Crippen molar-refractivity contribution in [3.05, 3.63) is 100.0 Å². The first-order chi connectivity index (χ1) is 18.1. The molecule has 194 valence electrons. The number of fused-ring (bicyclic) bond motifs is 1. The van der Waals surface area contributed by atoms with Gasteiger partial charge in [-0.2, -0.15) is 0 Å². The van der Waals surface area contributed by atoms with E-state index in [1.54, 1.807) is 30.3 Å². The van der Waals surface area contributed by atoms with Crippen molar-refractivity contribution in [2.24, 2.45) is 0 Å². The number of carbonyl (C=O) groups is 2. The summed E-state index contributed by atoms with van der Waals surface area (Å²) < 4.78 is 38.9. The molecule has 0 saturated heterocycles. The van der Waals surface area contributed by atoms with Crippen LogP contribution in [0.25, 0.3) is 11.0 Å². The second kappa shape index (κ2) is 9.50. The van der Waals surface area contributed by atoms with E-state index in [1.807, 2.05) is 19.0 Å². The molecule has 0 spiro atoms. The number of amides is 1. The molecule has 3 aromatic carbocycles. The third-order valence-electron chi connectivity index (χ3n) is 6.35. The van der Waals surface area contributed by atoms with Crippen molar-refractivity contribution >= 4 is 45.6 Å². The van der Waals surface area contributed by atoms with Gasteiger partial charge in [-0.25, -0.2) is 8.78 Å². The number of aliphatic hydroxyl groups excluding tert-OH is 1. The van der Waals surface area contributed by atoms with Crippen molar-refractivity contribution < 1.29 is 32.6 Å². The van der Waals surface area contributed by atoms with Gasteiger partial charge >= 0.3 is 0 Å². The van der Waals surface area contributed by atoms with E-state index >= 15 is 0 Å². The second-order valence-corrected chi connectivity index (χ2v) is 9.33. The Hall–Kier alpha value is -4.37. The number of hydrogen-bond donors (Lipinski definition) is 1. The molecular formula is C28H21ClF2N2O5. The summed E-state index contributed by atoms with van der Waals surface area (Å²) >= 11 is 6.14. The van der Waals surface area contributed by atoms with Crippen LogP contribution in [-0.2, 0) is 4.79 Å². The summed E-state index contributed by atoms with van der Waals surface area (Å²) in [5.74, 6) is -4.70. The second-order valence-electron chi connectivity index (χ2n) is 8.89. The van der Waals surface area contributed by atoms with E-state index in [-0.39, 0.29) is 22.6 Å². The maximum Gasteiger partial charge on any atom is 0.294 e. The topological polar surface area (TPSA) is 83.2 Å². The van der Waals surface area contributed by atoms with Crippen molar-refractivity contribution in [3.63, 3.8) is 0 Å². The number of carbonyl (C=O) groups excluding carboxylic acids is 2. The van der Waals surface area contributed by atoms with Gasteiger partial charge in [-0.1, -0.05) is 23.7 Å². The summed E-state index contributed by atoms with van der Waals surface area (Å²) in [5, 5.41) is 11.8. The Morgan fingerprint density at radius 3 is 2.39 bits per heavy atom. The predicted octanol–water partition coefficient (Wildman–Crippen LogP) is 6.22. The largest absolute Gasteiger partial charge is 0.503 e. The van der Waals surface area contributed by atoms with Gasteiger partial charge in [0.15, 0.2) is 34.5 Å². The Bertz CT molecular complexity index is 1630. The highest BCUT2D eigenvalue weighted by Gasteiger charge is 2.45. The first kappa shape index (κ1) is 25.3. The summed E-state index contributed by atoms with van der Waals surface area (Å²) in [6.45, 7) is 0. The fourth-order valence-corrected chi connectivity index (χ4v) is 4.71. The van der Waals surface area contributed by atoms with Gasteiger partial charge < -0.3 is 19.2 Å². The maximum atomic E-state index is 14.2. The van der Waals surface area contributed by atoms with E-state index in [0.717, 1.165) is 22.7 Å². The molecule has 0 bridgehead atoms. The zero-order valence-corrected chi connectivity index (χ0v) is 21.2. The minimum atomic E-state index is -1.18.